The Morgan fingerprint density at radius 1 is 1.37 bits per heavy atom. The van der Waals surface area contributed by atoms with Crippen LogP contribution in [-0.2, 0) is 0 Å². The number of carbonyl (C=O) groups excluding carboxylic acids is 1. The summed E-state index contributed by atoms with van der Waals surface area (Å²) >= 11 is 0. The van der Waals surface area contributed by atoms with Crippen LogP contribution in [0.3, 0.4) is 0 Å². The molecule has 3 N–H and O–H groups in total. The number of benzene rings is 1. The number of unbranched alkanes of at least 4 members (excludes halogenated alkanes) is 1. The molecule has 0 fully saturated rings. The highest BCUT2D eigenvalue weighted by Gasteiger charge is 2.13. The van der Waals surface area contributed by atoms with Crippen LogP contribution in [0.2, 0.25) is 0 Å². The van der Waals surface area contributed by atoms with Crippen LogP contribution < -0.4 is 11.1 Å². The molecule has 108 valence electrons. The molecule has 1 amide bonds. The SMILES string of the molecule is CCCCC(CN)NC(=O)c1ccc(C)cc1C.Cl. The number of nitrogens with one attached hydrogen (secondary N) is 1. The van der Waals surface area contributed by atoms with Gasteiger partial charge in [0, 0.05) is 18.2 Å². The number of rotatable bonds is 6. The lowest BCUT2D eigenvalue weighted by Crippen LogP contribution is -2.40. The zero-order chi connectivity index (χ0) is 13.5. The number of hydrogen-bond acceptors (Lipinski definition) is 2. The van der Waals surface area contributed by atoms with Gasteiger partial charge >= 0.3 is 0 Å². The maximum atomic E-state index is 12.1. The molecule has 1 aromatic rings. The molecule has 0 aliphatic rings. The predicted octanol–water partition coefficient (Wildman–Crippen LogP) is 2.97. The monoisotopic (exact) mass is 284 g/mol. The third-order valence-corrected chi connectivity index (χ3v) is 3.15. The number of hydrogen-bond donors (Lipinski definition) is 2. The molecule has 0 aliphatic heterocycles. The molecule has 0 saturated carbocycles. The van der Waals surface area contributed by atoms with E-state index >= 15 is 0 Å². The number of aryl methyl sites for hydroxylation is 2. The van der Waals surface area contributed by atoms with Crippen LogP contribution in [-0.4, -0.2) is 18.5 Å². The van der Waals surface area contributed by atoms with E-state index in [0.29, 0.717) is 6.54 Å². The Morgan fingerprint density at radius 3 is 2.58 bits per heavy atom. The topological polar surface area (TPSA) is 55.1 Å². The molecule has 0 saturated heterocycles. The molecule has 0 heterocycles. The Hall–Kier alpha value is -1.06. The smallest absolute Gasteiger partial charge is 0.251 e. The van der Waals surface area contributed by atoms with Gasteiger partial charge in [0.25, 0.3) is 5.91 Å². The number of nitrogens with two attached hydrogens (primary N) is 1. The third-order valence-electron chi connectivity index (χ3n) is 3.15. The van der Waals surface area contributed by atoms with Gasteiger partial charge in [-0.1, -0.05) is 37.5 Å². The van der Waals surface area contributed by atoms with Crippen LogP contribution in [0.1, 0.15) is 47.7 Å². The van der Waals surface area contributed by atoms with E-state index in [1.54, 1.807) is 0 Å². The summed E-state index contributed by atoms with van der Waals surface area (Å²) in [6.07, 6.45) is 3.16. The van der Waals surface area contributed by atoms with E-state index < -0.39 is 0 Å². The summed E-state index contributed by atoms with van der Waals surface area (Å²) < 4.78 is 0. The van der Waals surface area contributed by atoms with Gasteiger partial charge in [0.2, 0.25) is 0 Å². The van der Waals surface area contributed by atoms with Gasteiger partial charge in [0.15, 0.2) is 0 Å². The van der Waals surface area contributed by atoms with Crippen molar-refractivity contribution in [2.45, 2.75) is 46.1 Å². The minimum absolute atomic E-state index is 0. The Bertz CT molecular complexity index is 407. The van der Waals surface area contributed by atoms with Crippen LogP contribution in [0, 0.1) is 13.8 Å². The minimum atomic E-state index is -0.0148. The molecular weight excluding hydrogens is 260 g/mol. The van der Waals surface area contributed by atoms with Crippen LogP contribution in [0.15, 0.2) is 18.2 Å². The third kappa shape index (κ3) is 5.62. The van der Waals surface area contributed by atoms with Gasteiger partial charge in [0.1, 0.15) is 0 Å². The Labute approximate surface area is 122 Å². The highest BCUT2D eigenvalue weighted by atomic mass is 35.5. The highest BCUT2D eigenvalue weighted by Crippen LogP contribution is 2.11. The largest absolute Gasteiger partial charge is 0.348 e. The van der Waals surface area contributed by atoms with Crippen LogP contribution in [0.5, 0.6) is 0 Å². The first-order chi connectivity index (χ1) is 8.58. The van der Waals surface area contributed by atoms with Crippen molar-refractivity contribution in [3.8, 4) is 0 Å². The van der Waals surface area contributed by atoms with Crippen molar-refractivity contribution in [2.75, 3.05) is 6.54 Å². The molecule has 4 heteroatoms. The van der Waals surface area contributed by atoms with Gasteiger partial charge in [-0.25, -0.2) is 0 Å². The summed E-state index contributed by atoms with van der Waals surface area (Å²) in [5.74, 6) is -0.0148. The molecule has 0 bridgehead atoms. The van der Waals surface area contributed by atoms with Crippen molar-refractivity contribution in [3.63, 3.8) is 0 Å². The molecule has 0 radical (unpaired) electrons. The molecule has 0 aromatic heterocycles. The second kappa shape index (κ2) is 8.94. The lowest BCUT2D eigenvalue weighted by molar-refractivity contribution is 0.0935. The molecule has 1 rings (SSSR count). The average Bonchev–Trinajstić information content (AvgIpc) is 2.34. The molecule has 3 nitrogen and oxygen atoms in total. The first-order valence-electron chi connectivity index (χ1n) is 6.66. The summed E-state index contributed by atoms with van der Waals surface area (Å²) in [7, 11) is 0. The molecule has 0 aliphatic carbocycles. The Balaban J connectivity index is 0.00000324. The maximum absolute atomic E-state index is 12.1. The molecule has 19 heavy (non-hydrogen) atoms. The molecular formula is C15H25ClN2O. The fraction of sp³-hybridized carbons (Fsp3) is 0.533. The van der Waals surface area contributed by atoms with E-state index in [4.69, 9.17) is 5.73 Å². The van der Waals surface area contributed by atoms with E-state index in [-0.39, 0.29) is 24.4 Å². The van der Waals surface area contributed by atoms with E-state index in [0.717, 1.165) is 30.4 Å². The van der Waals surface area contributed by atoms with E-state index in [9.17, 15) is 4.79 Å². The van der Waals surface area contributed by atoms with Gasteiger partial charge in [-0.05, 0) is 31.9 Å². The van der Waals surface area contributed by atoms with E-state index in [2.05, 4.69) is 12.2 Å². The van der Waals surface area contributed by atoms with Crippen molar-refractivity contribution in [2.24, 2.45) is 5.73 Å². The lowest BCUT2D eigenvalue weighted by atomic mass is 10.0. The van der Waals surface area contributed by atoms with Crippen LogP contribution in [0.25, 0.3) is 0 Å². The van der Waals surface area contributed by atoms with Crippen molar-refractivity contribution in [3.05, 3.63) is 34.9 Å². The van der Waals surface area contributed by atoms with Gasteiger partial charge in [-0.15, -0.1) is 12.4 Å². The quantitative estimate of drug-likeness (QED) is 0.844. The number of halogens is 1. The summed E-state index contributed by atoms with van der Waals surface area (Å²) in [6.45, 7) is 6.63. The normalized spacial score (nSPS) is 11.6. The van der Waals surface area contributed by atoms with Gasteiger partial charge in [0.05, 0.1) is 0 Å². The fourth-order valence-corrected chi connectivity index (χ4v) is 2.03. The second-order valence-electron chi connectivity index (χ2n) is 4.87. The molecule has 0 spiro atoms. The summed E-state index contributed by atoms with van der Waals surface area (Å²) in [5, 5.41) is 3.01. The predicted molar refractivity (Wildman–Crippen MR) is 83.0 cm³/mol. The second-order valence-corrected chi connectivity index (χ2v) is 4.87. The fourth-order valence-electron chi connectivity index (χ4n) is 2.03. The number of carbonyl (C=O) groups is 1. The summed E-state index contributed by atoms with van der Waals surface area (Å²) in [6, 6.07) is 5.95. The molecule has 1 atom stereocenters. The zero-order valence-corrected chi connectivity index (χ0v) is 12.8. The Morgan fingerprint density at radius 2 is 2.05 bits per heavy atom. The summed E-state index contributed by atoms with van der Waals surface area (Å²) in [5.41, 5.74) is 8.62. The first kappa shape index (κ1) is 17.9. The van der Waals surface area contributed by atoms with Crippen LogP contribution in [0.4, 0.5) is 0 Å². The average molecular weight is 285 g/mol. The van der Waals surface area contributed by atoms with E-state index in [1.807, 2.05) is 32.0 Å². The van der Waals surface area contributed by atoms with Gasteiger partial charge in [-0.3, -0.25) is 4.79 Å². The minimum Gasteiger partial charge on any atom is -0.348 e. The van der Waals surface area contributed by atoms with Crippen LogP contribution >= 0.6 is 12.4 Å². The van der Waals surface area contributed by atoms with Crippen molar-refractivity contribution < 1.29 is 4.79 Å². The molecule has 1 aromatic carbocycles. The van der Waals surface area contributed by atoms with Gasteiger partial charge < -0.3 is 11.1 Å². The summed E-state index contributed by atoms with van der Waals surface area (Å²) in [4.78, 5) is 12.1. The number of amides is 1. The zero-order valence-electron chi connectivity index (χ0n) is 12.0. The van der Waals surface area contributed by atoms with Gasteiger partial charge in [-0.2, -0.15) is 0 Å². The lowest BCUT2D eigenvalue weighted by Gasteiger charge is -2.17. The van der Waals surface area contributed by atoms with Crippen molar-refractivity contribution >= 4 is 18.3 Å². The first-order valence-corrected chi connectivity index (χ1v) is 6.66. The Kier molecular flexibility index (Phi) is 8.44. The highest BCUT2D eigenvalue weighted by molar-refractivity contribution is 5.95. The van der Waals surface area contributed by atoms with Crippen molar-refractivity contribution in [1.29, 1.82) is 0 Å². The van der Waals surface area contributed by atoms with Crippen molar-refractivity contribution in [1.82, 2.24) is 5.32 Å². The van der Waals surface area contributed by atoms with E-state index in [1.165, 1.54) is 5.56 Å². The molecule has 1 unspecified atom stereocenters. The standard InChI is InChI=1S/C15H24N2O.ClH/c1-4-5-6-13(10-16)17-15(18)14-8-7-11(2)9-12(14)3;/h7-9,13H,4-6,10,16H2,1-3H3,(H,17,18);1H. The maximum Gasteiger partial charge on any atom is 0.251 e.